The number of hydrogen-bond donors (Lipinski definition) is 1. The zero-order valence-electron chi connectivity index (χ0n) is 11.4. The molecule has 0 spiro atoms. The van der Waals surface area contributed by atoms with Crippen molar-refractivity contribution in [2.24, 2.45) is 5.92 Å². The van der Waals surface area contributed by atoms with Crippen molar-refractivity contribution >= 4 is 41.5 Å². The Bertz CT molecular complexity index is 439. The number of piperidine rings is 1. The van der Waals surface area contributed by atoms with Crippen LogP contribution >= 0.6 is 35.6 Å². The van der Waals surface area contributed by atoms with Crippen LogP contribution in [0.3, 0.4) is 0 Å². The van der Waals surface area contributed by atoms with E-state index >= 15 is 0 Å². The SMILES string of the molecule is CNCC1CCN(C(=O)c2cc(Cl)cc(Cl)c2)CC1.Cl. The Morgan fingerprint density at radius 1 is 1.25 bits per heavy atom. The molecule has 1 aromatic rings. The van der Waals surface area contributed by atoms with E-state index in [1.54, 1.807) is 18.2 Å². The van der Waals surface area contributed by atoms with Crippen molar-refractivity contribution in [3.05, 3.63) is 33.8 Å². The number of amides is 1. The van der Waals surface area contributed by atoms with Gasteiger partial charge in [-0.3, -0.25) is 4.79 Å². The van der Waals surface area contributed by atoms with Gasteiger partial charge in [0.15, 0.2) is 0 Å². The minimum atomic E-state index is 0. The maximum Gasteiger partial charge on any atom is 0.253 e. The number of rotatable bonds is 3. The summed E-state index contributed by atoms with van der Waals surface area (Å²) in [5.41, 5.74) is 0.574. The van der Waals surface area contributed by atoms with Gasteiger partial charge in [-0.05, 0) is 50.6 Å². The molecule has 0 aromatic heterocycles. The van der Waals surface area contributed by atoms with Gasteiger partial charge >= 0.3 is 0 Å². The standard InChI is InChI=1S/C14H18Cl2N2O.ClH/c1-17-9-10-2-4-18(5-3-10)14(19)11-6-12(15)8-13(16)7-11;/h6-8,10,17H,2-5,9H2,1H3;1H. The normalized spacial score (nSPS) is 15.8. The van der Waals surface area contributed by atoms with Crippen LogP contribution in [0.15, 0.2) is 18.2 Å². The number of nitrogens with zero attached hydrogens (tertiary/aromatic N) is 1. The van der Waals surface area contributed by atoms with Crippen molar-refractivity contribution in [3.63, 3.8) is 0 Å². The van der Waals surface area contributed by atoms with Gasteiger partial charge in [0.25, 0.3) is 5.91 Å². The molecule has 1 N–H and O–H groups in total. The predicted octanol–water partition coefficient (Wildman–Crippen LogP) is 3.49. The van der Waals surface area contributed by atoms with E-state index in [-0.39, 0.29) is 18.3 Å². The summed E-state index contributed by atoms with van der Waals surface area (Å²) in [7, 11) is 1.96. The molecule has 1 fully saturated rings. The topological polar surface area (TPSA) is 32.3 Å². The minimum Gasteiger partial charge on any atom is -0.339 e. The van der Waals surface area contributed by atoms with Gasteiger partial charge in [-0.25, -0.2) is 0 Å². The van der Waals surface area contributed by atoms with Crippen molar-refractivity contribution in [2.75, 3.05) is 26.7 Å². The molecule has 1 aliphatic heterocycles. The van der Waals surface area contributed by atoms with Gasteiger partial charge in [0.1, 0.15) is 0 Å². The van der Waals surface area contributed by atoms with Gasteiger partial charge in [-0.2, -0.15) is 0 Å². The minimum absolute atomic E-state index is 0. The first-order valence-electron chi connectivity index (χ1n) is 6.50. The number of benzene rings is 1. The lowest BCUT2D eigenvalue weighted by Crippen LogP contribution is -2.40. The third kappa shape index (κ3) is 4.52. The van der Waals surface area contributed by atoms with E-state index in [2.05, 4.69) is 5.32 Å². The van der Waals surface area contributed by atoms with Crippen LogP contribution in [-0.4, -0.2) is 37.5 Å². The molecule has 1 aromatic carbocycles. The number of halogens is 3. The lowest BCUT2D eigenvalue weighted by atomic mass is 9.96. The number of carbonyl (C=O) groups excluding carboxylic acids is 1. The second-order valence-corrected chi connectivity index (χ2v) is 5.82. The van der Waals surface area contributed by atoms with Crippen LogP contribution in [0.5, 0.6) is 0 Å². The molecular formula is C14H19Cl3N2O. The highest BCUT2D eigenvalue weighted by molar-refractivity contribution is 6.35. The number of carbonyl (C=O) groups is 1. The highest BCUT2D eigenvalue weighted by Gasteiger charge is 2.23. The van der Waals surface area contributed by atoms with Gasteiger partial charge in [0.2, 0.25) is 0 Å². The van der Waals surface area contributed by atoms with Gasteiger partial charge < -0.3 is 10.2 Å². The van der Waals surface area contributed by atoms with Crippen molar-refractivity contribution in [2.45, 2.75) is 12.8 Å². The van der Waals surface area contributed by atoms with E-state index in [0.717, 1.165) is 32.5 Å². The Morgan fingerprint density at radius 3 is 2.30 bits per heavy atom. The first-order valence-corrected chi connectivity index (χ1v) is 7.25. The van der Waals surface area contributed by atoms with Crippen LogP contribution in [0, 0.1) is 5.92 Å². The Hall–Kier alpha value is -0.480. The summed E-state index contributed by atoms with van der Waals surface area (Å²) in [6.45, 7) is 2.62. The fourth-order valence-corrected chi connectivity index (χ4v) is 3.01. The highest BCUT2D eigenvalue weighted by Crippen LogP contribution is 2.22. The Kier molecular flexibility index (Phi) is 7.10. The molecule has 0 atom stereocenters. The van der Waals surface area contributed by atoms with Crippen LogP contribution in [0.1, 0.15) is 23.2 Å². The van der Waals surface area contributed by atoms with Crippen LogP contribution in [-0.2, 0) is 0 Å². The van der Waals surface area contributed by atoms with Crippen LogP contribution in [0.25, 0.3) is 0 Å². The Morgan fingerprint density at radius 2 is 1.80 bits per heavy atom. The molecule has 20 heavy (non-hydrogen) atoms. The maximum atomic E-state index is 12.4. The summed E-state index contributed by atoms with van der Waals surface area (Å²) < 4.78 is 0. The largest absolute Gasteiger partial charge is 0.339 e. The van der Waals surface area contributed by atoms with Gasteiger partial charge in [-0.1, -0.05) is 23.2 Å². The van der Waals surface area contributed by atoms with Crippen molar-refractivity contribution < 1.29 is 4.79 Å². The molecule has 1 amide bonds. The molecule has 0 bridgehead atoms. The number of hydrogen-bond acceptors (Lipinski definition) is 2. The average molecular weight is 338 g/mol. The van der Waals surface area contributed by atoms with Crippen molar-refractivity contribution in [3.8, 4) is 0 Å². The molecule has 0 unspecified atom stereocenters. The molecule has 3 nitrogen and oxygen atoms in total. The molecule has 1 aliphatic rings. The molecule has 2 rings (SSSR count). The molecule has 0 saturated carbocycles. The summed E-state index contributed by atoms with van der Waals surface area (Å²) in [4.78, 5) is 14.2. The zero-order valence-corrected chi connectivity index (χ0v) is 13.7. The van der Waals surface area contributed by atoms with Gasteiger partial charge in [-0.15, -0.1) is 12.4 Å². The zero-order chi connectivity index (χ0) is 13.8. The van der Waals surface area contributed by atoms with Crippen LogP contribution in [0.4, 0.5) is 0 Å². The number of likely N-dealkylation sites (tertiary alicyclic amines) is 1. The lowest BCUT2D eigenvalue weighted by molar-refractivity contribution is 0.0691. The molecule has 0 aliphatic carbocycles. The third-order valence-electron chi connectivity index (χ3n) is 3.50. The molecule has 6 heteroatoms. The highest BCUT2D eigenvalue weighted by atomic mass is 35.5. The third-order valence-corrected chi connectivity index (χ3v) is 3.94. The van der Waals surface area contributed by atoms with E-state index < -0.39 is 0 Å². The Balaban J connectivity index is 0.00000200. The Labute approximate surface area is 136 Å². The summed E-state index contributed by atoms with van der Waals surface area (Å²) in [6, 6.07) is 4.99. The average Bonchev–Trinajstić information content (AvgIpc) is 2.38. The van der Waals surface area contributed by atoms with E-state index in [4.69, 9.17) is 23.2 Å². The monoisotopic (exact) mass is 336 g/mol. The molecule has 1 saturated heterocycles. The fourth-order valence-electron chi connectivity index (χ4n) is 2.49. The van der Waals surface area contributed by atoms with E-state index in [1.165, 1.54) is 0 Å². The quantitative estimate of drug-likeness (QED) is 0.915. The first-order chi connectivity index (χ1) is 9.10. The lowest BCUT2D eigenvalue weighted by Gasteiger charge is -2.32. The summed E-state index contributed by atoms with van der Waals surface area (Å²) in [5, 5.41) is 4.19. The van der Waals surface area contributed by atoms with E-state index in [0.29, 0.717) is 21.5 Å². The van der Waals surface area contributed by atoms with Crippen molar-refractivity contribution in [1.29, 1.82) is 0 Å². The van der Waals surface area contributed by atoms with Gasteiger partial charge in [0, 0.05) is 28.7 Å². The molecule has 112 valence electrons. The van der Waals surface area contributed by atoms with Crippen LogP contribution in [0.2, 0.25) is 10.0 Å². The second-order valence-electron chi connectivity index (χ2n) is 4.95. The van der Waals surface area contributed by atoms with Crippen molar-refractivity contribution in [1.82, 2.24) is 10.2 Å². The summed E-state index contributed by atoms with van der Waals surface area (Å²) in [5.74, 6) is 0.685. The summed E-state index contributed by atoms with van der Waals surface area (Å²) in [6.07, 6.45) is 2.09. The predicted molar refractivity (Wildman–Crippen MR) is 86.3 cm³/mol. The first kappa shape index (κ1) is 17.6. The summed E-state index contributed by atoms with van der Waals surface area (Å²) >= 11 is 11.9. The van der Waals surface area contributed by atoms with E-state index in [1.807, 2.05) is 11.9 Å². The maximum absolute atomic E-state index is 12.4. The van der Waals surface area contributed by atoms with Crippen LogP contribution < -0.4 is 5.32 Å². The second kappa shape index (κ2) is 8.08. The molecule has 0 radical (unpaired) electrons. The van der Waals surface area contributed by atoms with Gasteiger partial charge in [0.05, 0.1) is 0 Å². The number of nitrogens with one attached hydrogen (secondary N) is 1. The van der Waals surface area contributed by atoms with E-state index in [9.17, 15) is 4.79 Å². The molecule has 1 heterocycles. The fraction of sp³-hybridized carbons (Fsp3) is 0.500. The molecular weight excluding hydrogens is 319 g/mol. The smallest absolute Gasteiger partial charge is 0.253 e.